The van der Waals surface area contributed by atoms with E-state index in [4.69, 9.17) is 16.3 Å². The molecular weight excluding hydrogens is 262 g/mol. The first-order chi connectivity index (χ1) is 9.02. The molecule has 0 bridgehead atoms. The van der Waals surface area contributed by atoms with Crippen molar-refractivity contribution < 1.29 is 9.53 Å². The fraction of sp³-hybridized carbons (Fsp3) is 0.200. The summed E-state index contributed by atoms with van der Waals surface area (Å²) in [6.45, 7) is 3.90. The molecule has 0 spiro atoms. The molecule has 0 aliphatic carbocycles. The Morgan fingerprint density at radius 1 is 1.21 bits per heavy atom. The van der Waals surface area contributed by atoms with Crippen LogP contribution in [0.1, 0.15) is 27.2 Å². The maximum Gasteiger partial charge on any atom is 0.232 e. The highest BCUT2D eigenvalue weighted by atomic mass is 35.5. The molecule has 0 atom stereocenters. The Morgan fingerprint density at radius 2 is 1.95 bits per heavy atom. The van der Waals surface area contributed by atoms with E-state index < -0.39 is 0 Å². The highest BCUT2D eigenvalue weighted by Crippen LogP contribution is 2.23. The van der Waals surface area contributed by atoms with Gasteiger partial charge in [0.1, 0.15) is 10.7 Å². The van der Waals surface area contributed by atoms with E-state index in [1.54, 1.807) is 12.1 Å². The fourth-order valence-corrected chi connectivity index (χ4v) is 2.08. The van der Waals surface area contributed by atoms with E-state index in [1.807, 2.05) is 32.0 Å². The number of carbonyl (C=O) groups is 1. The normalized spacial score (nSPS) is 10.3. The zero-order valence-electron chi connectivity index (χ0n) is 11.0. The van der Waals surface area contributed by atoms with Gasteiger partial charge in [-0.2, -0.15) is 0 Å². The molecule has 0 fully saturated rings. The first kappa shape index (κ1) is 13.6. The van der Waals surface area contributed by atoms with E-state index in [0.717, 1.165) is 11.1 Å². The average molecular weight is 276 g/mol. The number of aromatic nitrogens is 1. The molecule has 98 valence electrons. The zero-order chi connectivity index (χ0) is 14.0. The van der Waals surface area contributed by atoms with Gasteiger partial charge < -0.3 is 4.74 Å². The lowest BCUT2D eigenvalue weighted by Crippen LogP contribution is -2.07. The van der Waals surface area contributed by atoms with Crippen molar-refractivity contribution in [1.82, 2.24) is 4.98 Å². The Labute approximate surface area is 117 Å². The standard InChI is InChI=1S/C15H14ClNO2/c1-9-4-5-11(10(2)8-9)14(18)13-7-6-12(16)15(17-13)19-3/h4-8H,1-3H3. The van der Waals surface area contributed by atoms with Crippen molar-refractivity contribution in [2.45, 2.75) is 13.8 Å². The summed E-state index contributed by atoms with van der Waals surface area (Å²) < 4.78 is 5.03. The van der Waals surface area contributed by atoms with Crippen molar-refractivity contribution in [2.75, 3.05) is 7.11 Å². The molecule has 1 heterocycles. The van der Waals surface area contributed by atoms with Crippen molar-refractivity contribution in [1.29, 1.82) is 0 Å². The number of methoxy groups -OCH3 is 1. The molecule has 1 aromatic carbocycles. The second-order valence-corrected chi connectivity index (χ2v) is 4.74. The van der Waals surface area contributed by atoms with Crippen LogP contribution in [0, 0.1) is 13.8 Å². The molecule has 0 aliphatic rings. The predicted octanol–water partition coefficient (Wildman–Crippen LogP) is 3.59. The van der Waals surface area contributed by atoms with Gasteiger partial charge in [-0.3, -0.25) is 4.79 Å². The Hall–Kier alpha value is -1.87. The number of hydrogen-bond donors (Lipinski definition) is 0. The quantitative estimate of drug-likeness (QED) is 0.804. The van der Waals surface area contributed by atoms with Crippen LogP contribution in [0.3, 0.4) is 0 Å². The highest BCUT2D eigenvalue weighted by Gasteiger charge is 2.15. The lowest BCUT2D eigenvalue weighted by molar-refractivity contribution is 0.103. The fourth-order valence-electron chi connectivity index (χ4n) is 1.90. The Morgan fingerprint density at radius 3 is 2.58 bits per heavy atom. The van der Waals surface area contributed by atoms with Gasteiger partial charge in [-0.1, -0.05) is 35.4 Å². The number of nitrogens with zero attached hydrogens (tertiary/aromatic N) is 1. The molecular formula is C15H14ClNO2. The van der Waals surface area contributed by atoms with Gasteiger partial charge in [0.2, 0.25) is 11.7 Å². The third-order valence-electron chi connectivity index (χ3n) is 2.87. The predicted molar refractivity (Wildman–Crippen MR) is 75.1 cm³/mol. The Bertz CT molecular complexity index is 638. The van der Waals surface area contributed by atoms with Gasteiger partial charge in [-0.15, -0.1) is 0 Å². The van der Waals surface area contributed by atoms with Crippen LogP contribution >= 0.6 is 11.6 Å². The Kier molecular flexibility index (Phi) is 3.86. The van der Waals surface area contributed by atoms with Gasteiger partial charge in [0.05, 0.1) is 7.11 Å². The third-order valence-corrected chi connectivity index (χ3v) is 3.15. The molecule has 1 aromatic heterocycles. The summed E-state index contributed by atoms with van der Waals surface area (Å²) in [5.74, 6) is 0.129. The third kappa shape index (κ3) is 2.76. The number of ketones is 1. The van der Waals surface area contributed by atoms with Crippen LogP contribution in [0.25, 0.3) is 0 Å². The van der Waals surface area contributed by atoms with E-state index in [0.29, 0.717) is 16.3 Å². The molecule has 2 aromatic rings. The number of carbonyl (C=O) groups excluding carboxylic acids is 1. The van der Waals surface area contributed by atoms with Gasteiger partial charge in [0.15, 0.2) is 0 Å². The van der Waals surface area contributed by atoms with E-state index in [1.165, 1.54) is 7.11 Å². The largest absolute Gasteiger partial charge is 0.480 e. The molecule has 3 nitrogen and oxygen atoms in total. The van der Waals surface area contributed by atoms with Gasteiger partial charge in [0, 0.05) is 5.56 Å². The summed E-state index contributed by atoms with van der Waals surface area (Å²) in [6, 6.07) is 8.92. The second-order valence-electron chi connectivity index (χ2n) is 4.34. The first-order valence-corrected chi connectivity index (χ1v) is 6.23. The molecule has 0 amide bonds. The molecule has 0 aliphatic heterocycles. The minimum absolute atomic E-state index is 0.132. The average Bonchev–Trinajstić information content (AvgIpc) is 2.38. The van der Waals surface area contributed by atoms with Crippen LogP contribution in [0.5, 0.6) is 5.88 Å². The van der Waals surface area contributed by atoms with E-state index >= 15 is 0 Å². The molecule has 0 saturated carbocycles. The number of aryl methyl sites for hydroxylation is 2. The van der Waals surface area contributed by atoms with Crippen LogP contribution < -0.4 is 4.74 Å². The molecule has 0 saturated heterocycles. The first-order valence-electron chi connectivity index (χ1n) is 5.85. The summed E-state index contributed by atoms with van der Waals surface area (Å²) in [5.41, 5.74) is 3.02. The lowest BCUT2D eigenvalue weighted by Gasteiger charge is -2.07. The molecule has 4 heteroatoms. The summed E-state index contributed by atoms with van der Waals surface area (Å²) in [4.78, 5) is 16.5. The minimum atomic E-state index is -0.132. The minimum Gasteiger partial charge on any atom is -0.480 e. The SMILES string of the molecule is COc1nc(C(=O)c2ccc(C)cc2C)ccc1Cl. The number of rotatable bonds is 3. The molecule has 19 heavy (non-hydrogen) atoms. The smallest absolute Gasteiger partial charge is 0.232 e. The Balaban J connectivity index is 2.44. The zero-order valence-corrected chi connectivity index (χ0v) is 11.8. The van der Waals surface area contributed by atoms with Crippen LogP contribution in [0.2, 0.25) is 5.02 Å². The van der Waals surface area contributed by atoms with Crippen molar-refractivity contribution in [3.05, 3.63) is 57.7 Å². The topological polar surface area (TPSA) is 39.2 Å². The molecule has 0 unspecified atom stereocenters. The number of hydrogen-bond acceptors (Lipinski definition) is 3. The van der Waals surface area contributed by atoms with E-state index in [-0.39, 0.29) is 11.7 Å². The van der Waals surface area contributed by atoms with Gasteiger partial charge in [0.25, 0.3) is 0 Å². The van der Waals surface area contributed by atoms with E-state index in [9.17, 15) is 4.79 Å². The summed E-state index contributed by atoms with van der Waals surface area (Å²) in [5, 5.41) is 0.389. The van der Waals surface area contributed by atoms with Crippen LogP contribution in [-0.2, 0) is 0 Å². The summed E-state index contributed by atoms with van der Waals surface area (Å²) in [7, 11) is 1.47. The number of ether oxygens (including phenoxy) is 1. The number of benzene rings is 1. The van der Waals surface area contributed by atoms with Crippen LogP contribution in [0.15, 0.2) is 30.3 Å². The maximum absolute atomic E-state index is 12.4. The second kappa shape index (κ2) is 5.41. The van der Waals surface area contributed by atoms with Crippen molar-refractivity contribution in [3.63, 3.8) is 0 Å². The van der Waals surface area contributed by atoms with Gasteiger partial charge >= 0.3 is 0 Å². The monoisotopic (exact) mass is 275 g/mol. The van der Waals surface area contributed by atoms with E-state index in [2.05, 4.69) is 4.98 Å². The number of pyridine rings is 1. The van der Waals surface area contributed by atoms with Crippen molar-refractivity contribution in [3.8, 4) is 5.88 Å². The summed E-state index contributed by atoms with van der Waals surface area (Å²) in [6.07, 6.45) is 0. The molecule has 0 N–H and O–H groups in total. The van der Waals surface area contributed by atoms with Crippen LogP contribution in [0.4, 0.5) is 0 Å². The lowest BCUT2D eigenvalue weighted by atomic mass is 10.0. The van der Waals surface area contributed by atoms with Gasteiger partial charge in [-0.25, -0.2) is 4.98 Å². The molecule has 2 rings (SSSR count). The van der Waals surface area contributed by atoms with Crippen LogP contribution in [-0.4, -0.2) is 17.9 Å². The maximum atomic E-state index is 12.4. The highest BCUT2D eigenvalue weighted by molar-refractivity contribution is 6.32. The number of halogens is 1. The molecule has 0 radical (unpaired) electrons. The van der Waals surface area contributed by atoms with Crippen molar-refractivity contribution in [2.24, 2.45) is 0 Å². The van der Waals surface area contributed by atoms with Gasteiger partial charge in [-0.05, 0) is 31.5 Å². The summed E-state index contributed by atoms with van der Waals surface area (Å²) >= 11 is 5.90. The van der Waals surface area contributed by atoms with Crippen molar-refractivity contribution >= 4 is 17.4 Å².